The Morgan fingerprint density at radius 3 is 2.90 bits per heavy atom. The zero-order chi connectivity index (χ0) is 15.4. The van der Waals surface area contributed by atoms with Crippen LogP contribution in [0.5, 0.6) is 0 Å². The van der Waals surface area contributed by atoms with Crippen LogP contribution in [-0.2, 0) is 16.1 Å². The van der Waals surface area contributed by atoms with Crippen molar-refractivity contribution in [2.24, 2.45) is 5.92 Å². The first-order valence-corrected chi connectivity index (χ1v) is 6.65. The molecule has 1 N–H and O–H groups in total. The Morgan fingerprint density at radius 1 is 1.52 bits per heavy atom. The molecule has 9 heteroatoms. The molecule has 1 fully saturated rings. The van der Waals surface area contributed by atoms with Gasteiger partial charge in [-0.05, 0) is 12.8 Å². The van der Waals surface area contributed by atoms with E-state index in [1.165, 1.54) is 10.9 Å². The number of piperidine rings is 1. The van der Waals surface area contributed by atoms with Crippen molar-refractivity contribution < 1.29 is 19.6 Å². The zero-order valence-electron chi connectivity index (χ0n) is 11.3. The van der Waals surface area contributed by atoms with Gasteiger partial charge in [-0.3, -0.25) is 24.4 Å². The Labute approximate surface area is 120 Å². The van der Waals surface area contributed by atoms with Gasteiger partial charge in [0, 0.05) is 26.1 Å². The molecule has 1 aliphatic rings. The molecule has 1 saturated heterocycles. The van der Waals surface area contributed by atoms with Crippen LogP contribution in [0.25, 0.3) is 0 Å². The smallest absolute Gasteiger partial charge is 0.308 e. The Hall–Kier alpha value is -2.45. The molecule has 9 nitrogen and oxygen atoms in total. The molecule has 0 saturated carbocycles. The van der Waals surface area contributed by atoms with Gasteiger partial charge < -0.3 is 10.0 Å². The predicted octanol–water partition coefficient (Wildman–Crippen LogP) is 0.505. The number of nitro groups is 1. The standard InChI is InChI=1S/C12H16N4O5/c17-11(14-4-1-2-9(7-14)12(18)19)3-5-15-8-10(6-13-15)16(20)21/h6,8-9H,1-5,7H2,(H,18,19)/t9-/m0/s1. The normalized spacial score (nSPS) is 18.5. The number of hydrogen-bond acceptors (Lipinski definition) is 5. The molecule has 21 heavy (non-hydrogen) atoms. The average Bonchev–Trinajstić information content (AvgIpc) is 2.94. The molecule has 1 atom stereocenters. The third-order valence-corrected chi connectivity index (χ3v) is 3.51. The lowest BCUT2D eigenvalue weighted by Gasteiger charge is -2.30. The van der Waals surface area contributed by atoms with Crippen molar-refractivity contribution in [1.82, 2.24) is 14.7 Å². The molecule has 1 amide bonds. The van der Waals surface area contributed by atoms with Crippen LogP contribution >= 0.6 is 0 Å². The van der Waals surface area contributed by atoms with E-state index in [2.05, 4.69) is 5.10 Å². The number of carbonyl (C=O) groups excluding carboxylic acids is 1. The fraction of sp³-hybridized carbons (Fsp3) is 0.583. The molecule has 0 aromatic carbocycles. The van der Waals surface area contributed by atoms with E-state index < -0.39 is 16.8 Å². The molecule has 0 spiro atoms. The van der Waals surface area contributed by atoms with Crippen molar-refractivity contribution in [3.8, 4) is 0 Å². The van der Waals surface area contributed by atoms with Crippen LogP contribution in [0.3, 0.4) is 0 Å². The molecule has 0 radical (unpaired) electrons. The molecule has 1 aliphatic heterocycles. The van der Waals surface area contributed by atoms with Crippen molar-refractivity contribution in [3.05, 3.63) is 22.5 Å². The molecule has 0 bridgehead atoms. The topological polar surface area (TPSA) is 119 Å². The molecule has 2 rings (SSSR count). The highest BCUT2D eigenvalue weighted by atomic mass is 16.6. The average molecular weight is 296 g/mol. The van der Waals surface area contributed by atoms with Gasteiger partial charge in [-0.1, -0.05) is 0 Å². The van der Waals surface area contributed by atoms with Crippen molar-refractivity contribution in [2.75, 3.05) is 13.1 Å². The lowest BCUT2D eigenvalue weighted by atomic mass is 9.98. The van der Waals surface area contributed by atoms with Gasteiger partial charge in [0.15, 0.2) is 0 Å². The Bertz CT molecular complexity index is 556. The second-order valence-corrected chi connectivity index (χ2v) is 4.99. The number of aryl methyl sites for hydroxylation is 1. The summed E-state index contributed by atoms with van der Waals surface area (Å²) in [4.78, 5) is 34.5. The Morgan fingerprint density at radius 2 is 2.29 bits per heavy atom. The largest absolute Gasteiger partial charge is 0.481 e. The predicted molar refractivity (Wildman–Crippen MR) is 70.4 cm³/mol. The van der Waals surface area contributed by atoms with Gasteiger partial charge >= 0.3 is 11.7 Å². The third kappa shape index (κ3) is 3.77. The summed E-state index contributed by atoms with van der Waals surface area (Å²) in [5.41, 5.74) is -0.119. The fourth-order valence-corrected chi connectivity index (χ4v) is 2.34. The van der Waals surface area contributed by atoms with Crippen molar-refractivity contribution in [3.63, 3.8) is 0 Å². The summed E-state index contributed by atoms with van der Waals surface area (Å²) >= 11 is 0. The summed E-state index contributed by atoms with van der Waals surface area (Å²) in [6.45, 7) is 1.02. The molecule has 1 aromatic rings. The van der Waals surface area contributed by atoms with E-state index in [0.29, 0.717) is 19.4 Å². The van der Waals surface area contributed by atoms with Gasteiger partial charge in [0.2, 0.25) is 5.91 Å². The number of aliphatic carboxylic acids is 1. The van der Waals surface area contributed by atoms with Gasteiger partial charge in [-0.15, -0.1) is 0 Å². The number of hydrogen-bond donors (Lipinski definition) is 1. The second kappa shape index (κ2) is 6.33. The number of amides is 1. The first-order valence-electron chi connectivity index (χ1n) is 6.65. The molecule has 114 valence electrons. The van der Waals surface area contributed by atoms with E-state index in [4.69, 9.17) is 5.11 Å². The first kappa shape index (κ1) is 14.9. The lowest BCUT2D eigenvalue weighted by molar-refractivity contribution is -0.385. The van der Waals surface area contributed by atoms with E-state index in [0.717, 1.165) is 6.20 Å². The molecule has 1 aromatic heterocycles. The summed E-state index contributed by atoms with van der Waals surface area (Å²) in [7, 11) is 0. The maximum absolute atomic E-state index is 12.0. The van der Waals surface area contributed by atoms with Crippen LogP contribution in [-0.4, -0.2) is 49.7 Å². The minimum absolute atomic E-state index is 0.119. The van der Waals surface area contributed by atoms with E-state index >= 15 is 0 Å². The van der Waals surface area contributed by atoms with Crippen molar-refractivity contribution in [1.29, 1.82) is 0 Å². The monoisotopic (exact) mass is 296 g/mol. The van der Waals surface area contributed by atoms with Crippen molar-refractivity contribution >= 4 is 17.6 Å². The number of nitrogens with zero attached hydrogens (tertiary/aromatic N) is 4. The van der Waals surface area contributed by atoms with Gasteiger partial charge in [0.05, 0.1) is 10.8 Å². The van der Waals surface area contributed by atoms with E-state index in [1.54, 1.807) is 4.90 Å². The maximum atomic E-state index is 12.0. The Balaban J connectivity index is 1.86. The second-order valence-electron chi connectivity index (χ2n) is 4.99. The summed E-state index contributed by atoms with van der Waals surface area (Å²) in [5, 5.41) is 23.3. The van der Waals surface area contributed by atoms with Crippen LogP contribution < -0.4 is 0 Å². The minimum atomic E-state index is -0.879. The number of carbonyl (C=O) groups is 2. The lowest BCUT2D eigenvalue weighted by Crippen LogP contribution is -2.42. The van der Waals surface area contributed by atoms with Gasteiger partial charge in [-0.25, -0.2) is 0 Å². The molecule has 0 aliphatic carbocycles. The third-order valence-electron chi connectivity index (χ3n) is 3.51. The van der Waals surface area contributed by atoms with Crippen LogP contribution in [0.15, 0.2) is 12.4 Å². The quantitative estimate of drug-likeness (QED) is 0.624. The first-order chi connectivity index (χ1) is 9.97. The number of rotatable bonds is 5. The summed E-state index contributed by atoms with van der Waals surface area (Å²) in [6.07, 6.45) is 3.81. The molecule has 0 unspecified atom stereocenters. The number of carboxylic acid groups (broad SMARTS) is 1. The Kier molecular flexibility index (Phi) is 4.51. The minimum Gasteiger partial charge on any atom is -0.481 e. The molecular weight excluding hydrogens is 280 g/mol. The van der Waals surface area contributed by atoms with Crippen LogP contribution in [0.2, 0.25) is 0 Å². The van der Waals surface area contributed by atoms with Gasteiger partial charge in [0.25, 0.3) is 0 Å². The fourth-order valence-electron chi connectivity index (χ4n) is 2.34. The van der Waals surface area contributed by atoms with Crippen molar-refractivity contribution in [2.45, 2.75) is 25.8 Å². The van der Waals surface area contributed by atoms with Gasteiger partial charge in [0.1, 0.15) is 12.4 Å². The number of aromatic nitrogens is 2. The van der Waals surface area contributed by atoms with E-state index in [9.17, 15) is 19.7 Å². The van der Waals surface area contributed by atoms with Crippen LogP contribution in [0.4, 0.5) is 5.69 Å². The highest BCUT2D eigenvalue weighted by Gasteiger charge is 2.27. The molecular formula is C12H16N4O5. The van der Waals surface area contributed by atoms with E-state index in [-0.39, 0.29) is 31.1 Å². The van der Waals surface area contributed by atoms with E-state index in [1.807, 2.05) is 0 Å². The highest BCUT2D eigenvalue weighted by molar-refractivity contribution is 5.78. The molecule has 2 heterocycles. The van der Waals surface area contributed by atoms with Crippen LogP contribution in [0, 0.1) is 16.0 Å². The summed E-state index contributed by atoms with van der Waals surface area (Å²) < 4.78 is 1.34. The summed E-state index contributed by atoms with van der Waals surface area (Å²) in [5.74, 6) is -1.54. The number of likely N-dealkylation sites (tertiary alicyclic amines) is 1. The van der Waals surface area contributed by atoms with Crippen LogP contribution in [0.1, 0.15) is 19.3 Å². The number of carboxylic acids is 1. The zero-order valence-corrected chi connectivity index (χ0v) is 11.3. The maximum Gasteiger partial charge on any atom is 0.308 e. The van der Waals surface area contributed by atoms with Gasteiger partial charge in [-0.2, -0.15) is 5.10 Å². The highest BCUT2D eigenvalue weighted by Crippen LogP contribution is 2.17. The summed E-state index contributed by atoms with van der Waals surface area (Å²) in [6, 6.07) is 0. The SMILES string of the molecule is O=C(O)[C@H]1CCCN(C(=O)CCn2cc([N+](=O)[O-])cn2)C1.